The van der Waals surface area contributed by atoms with Crippen molar-refractivity contribution in [3.8, 4) is 0 Å². The van der Waals surface area contributed by atoms with E-state index >= 15 is 0 Å². The summed E-state index contributed by atoms with van der Waals surface area (Å²) in [6.45, 7) is 9.70. The van der Waals surface area contributed by atoms with Gasteiger partial charge in [-0.1, -0.05) is 6.92 Å². The lowest BCUT2D eigenvalue weighted by molar-refractivity contribution is -0.126. The molecule has 21 heavy (non-hydrogen) atoms. The van der Waals surface area contributed by atoms with Gasteiger partial charge in [-0.15, -0.1) is 11.3 Å². The largest absolute Gasteiger partial charge is 0.381 e. The number of aromatic nitrogens is 1. The van der Waals surface area contributed by atoms with Crippen LogP contribution in [0, 0.1) is 6.92 Å². The Bertz CT molecular complexity index is 411. The van der Waals surface area contributed by atoms with E-state index < -0.39 is 0 Å². The normalized spacial score (nSPS) is 19.6. The molecule has 4 nitrogen and oxygen atoms in total. The lowest BCUT2D eigenvalue weighted by atomic mass is 9.84. The topological polar surface area (TPSA) is 43.4 Å². The zero-order valence-corrected chi connectivity index (χ0v) is 14.3. The molecule has 1 unspecified atom stereocenters. The number of nitrogens with one attached hydrogen (secondary N) is 1. The zero-order valence-electron chi connectivity index (χ0n) is 13.5. The Kier molecular flexibility index (Phi) is 6.61. The highest BCUT2D eigenvalue weighted by Gasteiger charge is 2.41. The highest BCUT2D eigenvalue weighted by molar-refractivity contribution is 7.09. The molecule has 0 amide bonds. The Morgan fingerprint density at radius 2 is 2.19 bits per heavy atom. The molecule has 1 saturated heterocycles. The lowest BCUT2D eigenvalue weighted by Gasteiger charge is -2.43. The standard InChI is InChI=1S/C16H28N2O2S/c1-4-8-17-14(11-15-18-13(3)12-21-15)16(20-5-2)6-9-19-10-7-16/h12,14,17H,4-11H2,1-3H3. The molecule has 0 aromatic carbocycles. The van der Waals surface area contributed by atoms with E-state index in [1.807, 2.05) is 0 Å². The zero-order chi connectivity index (χ0) is 15.1. The van der Waals surface area contributed by atoms with E-state index in [0.29, 0.717) is 6.04 Å². The van der Waals surface area contributed by atoms with Gasteiger partial charge in [0.25, 0.3) is 0 Å². The van der Waals surface area contributed by atoms with Crippen LogP contribution in [-0.2, 0) is 15.9 Å². The number of aryl methyl sites for hydroxylation is 1. The number of rotatable bonds is 8. The average Bonchev–Trinajstić information content (AvgIpc) is 2.90. The highest BCUT2D eigenvalue weighted by atomic mass is 32.1. The Balaban J connectivity index is 2.14. The second kappa shape index (κ2) is 8.22. The maximum atomic E-state index is 6.24. The maximum absolute atomic E-state index is 6.24. The Morgan fingerprint density at radius 3 is 2.76 bits per heavy atom. The van der Waals surface area contributed by atoms with Gasteiger partial charge in [-0.05, 0) is 26.8 Å². The minimum absolute atomic E-state index is 0.109. The van der Waals surface area contributed by atoms with E-state index in [2.05, 4.69) is 36.5 Å². The first-order chi connectivity index (χ1) is 10.2. The van der Waals surface area contributed by atoms with Crippen molar-refractivity contribution in [3.05, 3.63) is 16.1 Å². The maximum Gasteiger partial charge on any atom is 0.0944 e. The SMILES string of the molecule is CCCNC(Cc1nc(C)cs1)C1(OCC)CCOCC1. The molecule has 1 fully saturated rings. The number of nitrogens with zero attached hydrogens (tertiary/aromatic N) is 1. The fraction of sp³-hybridized carbons (Fsp3) is 0.812. The molecule has 0 bridgehead atoms. The molecule has 1 N–H and O–H groups in total. The molecule has 1 aliphatic heterocycles. The van der Waals surface area contributed by atoms with Gasteiger partial charge in [-0.25, -0.2) is 4.98 Å². The molecule has 1 aromatic heterocycles. The van der Waals surface area contributed by atoms with Crippen LogP contribution < -0.4 is 5.32 Å². The molecule has 1 aliphatic rings. The van der Waals surface area contributed by atoms with Crippen LogP contribution in [0.3, 0.4) is 0 Å². The Morgan fingerprint density at radius 1 is 1.43 bits per heavy atom. The van der Waals surface area contributed by atoms with Gasteiger partial charge in [0.05, 0.1) is 10.6 Å². The first-order valence-electron chi connectivity index (χ1n) is 8.06. The van der Waals surface area contributed by atoms with E-state index in [-0.39, 0.29) is 5.60 Å². The molecule has 2 heterocycles. The van der Waals surface area contributed by atoms with Crippen molar-refractivity contribution in [3.63, 3.8) is 0 Å². The van der Waals surface area contributed by atoms with E-state index in [0.717, 1.165) is 57.7 Å². The molecule has 0 radical (unpaired) electrons. The third-order valence-electron chi connectivity index (χ3n) is 4.09. The second-order valence-electron chi connectivity index (χ2n) is 5.70. The molecular formula is C16H28N2O2S. The third kappa shape index (κ3) is 4.49. The summed E-state index contributed by atoms with van der Waals surface area (Å²) in [5.41, 5.74) is 1.00. The van der Waals surface area contributed by atoms with Crippen LogP contribution in [0.15, 0.2) is 5.38 Å². The second-order valence-corrected chi connectivity index (χ2v) is 6.65. The summed E-state index contributed by atoms with van der Waals surface area (Å²) < 4.78 is 11.8. The van der Waals surface area contributed by atoms with Gasteiger partial charge < -0.3 is 14.8 Å². The van der Waals surface area contributed by atoms with Crippen molar-refractivity contribution in [1.82, 2.24) is 10.3 Å². The molecular weight excluding hydrogens is 284 g/mol. The van der Waals surface area contributed by atoms with Gasteiger partial charge in [0.1, 0.15) is 0 Å². The van der Waals surface area contributed by atoms with Crippen molar-refractivity contribution < 1.29 is 9.47 Å². The number of thiazole rings is 1. The minimum atomic E-state index is -0.109. The summed E-state index contributed by atoms with van der Waals surface area (Å²) >= 11 is 1.75. The highest BCUT2D eigenvalue weighted by Crippen LogP contribution is 2.31. The summed E-state index contributed by atoms with van der Waals surface area (Å²) in [5, 5.41) is 7.04. The monoisotopic (exact) mass is 312 g/mol. The minimum Gasteiger partial charge on any atom is -0.381 e. The molecule has 1 aromatic rings. The number of ether oxygens (including phenoxy) is 2. The quantitative estimate of drug-likeness (QED) is 0.801. The van der Waals surface area contributed by atoms with Crippen LogP contribution in [0.5, 0.6) is 0 Å². The van der Waals surface area contributed by atoms with Gasteiger partial charge in [0.2, 0.25) is 0 Å². The van der Waals surface area contributed by atoms with Gasteiger partial charge in [-0.3, -0.25) is 0 Å². The van der Waals surface area contributed by atoms with Crippen LogP contribution >= 0.6 is 11.3 Å². The lowest BCUT2D eigenvalue weighted by Crippen LogP contribution is -2.56. The van der Waals surface area contributed by atoms with Crippen molar-refractivity contribution in [2.75, 3.05) is 26.4 Å². The summed E-state index contributed by atoms with van der Waals surface area (Å²) in [4.78, 5) is 4.64. The van der Waals surface area contributed by atoms with Crippen LogP contribution in [0.25, 0.3) is 0 Å². The first-order valence-corrected chi connectivity index (χ1v) is 8.94. The molecule has 0 saturated carbocycles. The average molecular weight is 312 g/mol. The van der Waals surface area contributed by atoms with Crippen molar-refractivity contribution in [2.45, 2.75) is 58.1 Å². The van der Waals surface area contributed by atoms with Gasteiger partial charge >= 0.3 is 0 Å². The first kappa shape index (κ1) is 16.9. The van der Waals surface area contributed by atoms with E-state index in [1.54, 1.807) is 11.3 Å². The summed E-state index contributed by atoms with van der Waals surface area (Å²) in [7, 11) is 0. The molecule has 2 rings (SSSR count). The van der Waals surface area contributed by atoms with Crippen LogP contribution in [0.1, 0.15) is 43.8 Å². The van der Waals surface area contributed by atoms with Crippen LogP contribution in [0.4, 0.5) is 0 Å². The van der Waals surface area contributed by atoms with Crippen molar-refractivity contribution >= 4 is 11.3 Å². The van der Waals surface area contributed by atoms with Gasteiger partial charge in [0, 0.05) is 56.2 Å². The Hall–Kier alpha value is -0.490. The fourth-order valence-electron chi connectivity index (χ4n) is 3.03. The van der Waals surface area contributed by atoms with E-state index in [1.165, 1.54) is 5.01 Å². The van der Waals surface area contributed by atoms with Gasteiger partial charge in [0.15, 0.2) is 0 Å². The smallest absolute Gasteiger partial charge is 0.0944 e. The molecule has 0 aliphatic carbocycles. The fourth-order valence-corrected chi connectivity index (χ4v) is 3.85. The Labute approximate surface area is 132 Å². The molecule has 0 spiro atoms. The molecule has 120 valence electrons. The predicted octanol–water partition coefficient (Wildman–Crippen LogP) is 2.95. The van der Waals surface area contributed by atoms with E-state index in [4.69, 9.17) is 9.47 Å². The number of hydrogen-bond acceptors (Lipinski definition) is 5. The third-order valence-corrected chi connectivity index (χ3v) is 5.08. The number of hydrogen-bond donors (Lipinski definition) is 1. The summed E-state index contributed by atoms with van der Waals surface area (Å²) in [6, 6.07) is 0.312. The molecule has 5 heteroatoms. The van der Waals surface area contributed by atoms with Crippen molar-refractivity contribution in [2.24, 2.45) is 0 Å². The van der Waals surface area contributed by atoms with Crippen LogP contribution in [0.2, 0.25) is 0 Å². The summed E-state index contributed by atoms with van der Waals surface area (Å²) in [6.07, 6.45) is 4.00. The van der Waals surface area contributed by atoms with Gasteiger partial charge in [-0.2, -0.15) is 0 Å². The molecule has 1 atom stereocenters. The summed E-state index contributed by atoms with van der Waals surface area (Å²) in [5.74, 6) is 0. The predicted molar refractivity (Wildman–Crippen MR) is 87.0 cm³/mol. The van der Waals surface area contributed by atoms with E-state index in [9.17, 15) is 0 Å². The van der Waals surface area contributed by atoms with Crippen molar-refractivity contribution in [1.29, 1.82) is 0 Å². The van der Waals surface area contributed by atoms with Crippen LogP contribution in [-0.4, -0.2) is 43.0 Å².